The summed E-state index contributed by atoms with van der Waals surface area (Å²) in [5.74, 6) is -2.23. The predicted molar refractivity (Wildman–Crippen MR) is 85.5 cm³/mol. The van der Waals surface area contributed by atoms with Gasteiger partial charge < -0.3 is 10.2 Å². The molecule has 0 aliphatic heterocycles. The summed E-state index contributed by atoms with van der Waals surface area (Å²) in [6.07, 6.45) is 0. The van der Waals surface area contributed by atoms with Crippen molar-refractivity contribution in [3.05, 3.63) is 47.5 Å². The smallest absolute Gasteiger partial charge is 0.336 e. The largest absolute Gasteiger partial charge is 0.478 e. The Bertz CT molecular complexity index is 725. The molecule has 0 saturated carbocycles. The summed E-state index contributed by atoms with van der Waals surface area (Å²) in [4.78, 5) is 22.7. The monoisotopic (exact) mass is 334 g/mol. The lowest BCUT2D eigenvalue weighted by molar-refractivity contribution is 0.0682. The van der Waals surface area contributed by atoms with Gasteiger partial charge in [0, 0.05) is 9.79 Å². The van der Waals surface area contributed by atoms with Crippen LogP contribution in [0.4, 0.5) is 11.4 Å². The molecule has 0 spiro atoms. The first-order chi connectivity index (χ1) is 10.4. The van der Waals surface area contributed by atoms with Crippen LogP contribution < -0.4 is 0 Å². The van der Waals surface area contributed by atoms with Crippen LogP contribution in [-0.4, -0.2) is 22.2 Å². The number of carboxylic acid groups (broad SMARTS) is 2. The fourth-order valence-electron chi connectivity index (χ4n) is 1.63. The molecular weight excluding hydrogens is 324 g/mol. The molecule has 0 saturated heterocycles. The molecule has 0 heterocycles. The van der Waals surface area contributed by atoms with Gasteiger partial charge in [-0.1, -0.05) is 0 Å². The number of carbonyl (C=O) groups is 2. The second-order valence-corrected chi connectivity index (χ2v) is 5.18. The van der Waals surface area contributed by atoms with Gasteiger partial charge in [-0.05, 0) is 36.4 Å². The van der Waals surface area contributed by atoms with Crippen molar-refractivity contribution in [1.82, 2.24) is 0 Å². The predicted octanol–water partition coefficient (Wildman–Crippen LogP) is 4.08. The van der Waals surface area contributed by atoms with Gasteiger partial charge in [0.25, 0.3) is 0 Å². The molecule has 0 fully saturated rings. The normalized spacial score (nSPS) is 10.8. The Morgan fingerprint density at radius 3 is 1.45 bits per heavy atom. The molecule has 0 bridgehead atoms. The zero-order valence-corrected chi connectivity index (χ0v) is 12.8. The number of benzene rings is 2. The van der Waals surface area contributed by atoms with E-state index >= 15 is 0 Å². The fourth-order valence-corrected chi connectivity index (χ4v) is 2.10. The SMILES string of the molecule is O=C(O)c1cc(N=Nc2ccc(S)c(C(=O)O)c2)ccc1S. The Balaban J connectivity index is 2.33. The molecule has 22 heavy (non-hydrogen) atoms. The third-order valence-corrected chi connectivity index (χ3v) is 3.48. The quantitative estimate of drug-likeness (QED) is 0.500. The molecule has 6 nitrogen and oxygen atoms in total. The molecule has 2 aromatic carbocycles. The standard InChI is InChI=1S/C14H10N2O4S2/c17-13(18)9-5-7(1-3-11(9)21)15-16-8-2-4-12(22)10(6-8)14(19)20/h1-6,21-22H,(H,17,18)(H,19,20). The van der Waals surface area contributed by atoms with E-state index in [9.17, 15) is 9.59 Å². The van der Waals surface area contributed by atoms with Gasteiger partial charge in [-0.2, -0.15) is 10.2 Å². The first-order valence-electron chi connectivity index (χ1n) is 5.93. The van der Waals surface area contributed by atoms with E-state index < -0.39 is 11.9 Å². The Hall–Kier alpha value is -2.32. The second kappa shape index (κ2) is 6.63. The number of rotatable bonds is 4. The van der Waals surface area contributed by atoms with E-state index in [1.807, 2.05) is 0 Å². The van der Waals surface area contributed by atoms with Crippen LogP contribution in [0, 0.1) is 0 Å². The highest BCUT2D eigenvalue weighted by Crippen LogP contribution is 2.25. The molecule has 112 valence electrons. The number of azo groups is 1. The number of nitrogens with zero attached hydrogens (tertiary/aromatic N) is 2. The number of hydrogen-bond acceptors (Lipinski definition) is 6. The number of aromatic carboxylic acids is 2. The molecule has 0 amide bonds. The molecule has 0 atom stereocenters. The van der Waals surface area contributed by atoms with Crippen LogP contribution in [0.25, 0.3) is 0 Å². The molecule has 8 heteroatoms. The molecule has 0 aliphatic rings. The van der Waals surface area contributed by atoms with Gasteiger partial charge in [-0.15, -0.1) is 25.3 Å². The third kappa shape index (κ3) is 3.66. The lowest BCUT2D eigenvalue weighted by atomic mass is 10.2. The van der Waals surface area contributed by atoms with Gasteiger partial charge in [0.2, 0.25) is 0 Å². The van der Waals surface area contributed by atoms with Crippen molar-refractivity contribution in [3.8, 4) is 0 Å². The van der Waals surface area contributed by atoms with Crippen molar-refractivity contribution in [1.29, 1.82) is 0 Å². The molecule has 0 aromatic heterocycles. The summed E-state index contributed by atoms with van der Waals surface area (Å²) >= 11 is 8.09. The van der Waals surface area contributed by atoms with E-state index in [1.54, 1.807) is 12.1 Å². The van der Waals surface area contributed by atoms with Gasteiger partial charge in [-0.3, -0.25) is 0 Å². The molecular formula is C14H10N2O4S2. The van der Waals surface area contributed by atoms with Gasteiger partial charge in [-0.25, -0.2) is 9.59 Å². The average molecular weight is 334 g/mol. The lowest BCUT2D eigenvalue weighted by Gasteiger charge is -2.02. The second-order valence-electron chi connectivity index (χ2n) is 4.21. The minimum absolute atomic E-state index is 0.0108. The van der Waals surface area contributed by atoms with Crippen molar-refractivity contribution < 1.29 is 19.8 Å². The topological polar surface area (TPSA) is 99.3 Å². The Kier molecular flexibility index (Phi) is 4.84. The number of thiol groups is 2. The van der Waals surface area contributed by atoms with Crippen molar-refractivity contribution >= 4 is 48.6 Å². The molecule has 2 aromatic rings. The average Bonchev–Trinajstić information content (AvgIpc) is 2.47. The van der Waals surface area contributed by atoms with Crippen LogP contribution in [0.15, 0.2) is 56.4 Å². The highest BCUT2D eigenvalue weighted by Gasteiger charge is 2.09. The minimum atomic E-state index is -1.12. The summed E-state index contributed by atoms with van der Waals surface area (Å²) in [5.41, 5.74) is 0.664. The summed E-state index contributed by atoms with van der Waals surface area (Å²) in [6.45, 7) is 0. The Labute approximate surface area is 136 Å². The summed E-state index contributed by atoms with van der Waals surface area (Å²) in [6, 6.07) is 8.78. The Morgan fingerprint density at radius 1 is 0.773 bits per heavy atom. The zero-order valence-electron chi connectivity index (χ0n) is 11.0. The van der Waals surface area contributed by atoms with E-state index in [2.05, 4.69) is 35.5 Å². The molecule has 0 aliphatic carbocycles. The van der Waals surface area contributed by atoms with E-state index in [0.717, 1.165) is 0 Å². The maximum atomic E-state index is 11.0. The first-order valence-corrected chi connectivity index (χ1v) is 6.82. The number of carboxylic acids is 2. The van der Waals surface area contributed by atoms with E-state index in [0.29, 0.717) is 21.2 Å². The van der Waals surface area contributed by atoms with Crippen LogP contribution >= 0.6 is 25.3 Å². The maximum absolute atomic E-state index is 11.0. The van der Waals surface area contributed by atoms with Crippen molar-refractivity contribution in [2.45, 2.75) is 9.79 Å². The highest BCUT2D eigenvalue weighted by molar-refractivity contribution is 7.80. The number of hydrogen-bond donors (Lipinski definition) is 4. The molecule has 0 radical (unpaired) electrons. The van der Waals surface area contributed by atoms with Crippen LogP contribution in [0.1, 0.15) is 20.7 Å². The summed E-state index contributed by atoms with van der Waals surface area (Å²) < 4.78 is 0. The van der Waals surface area contributed by atoms with Gasteiger partial charge in [0.05, 0.1) is 22.5 Å². The van der Waals surface area contributed by atoms with Crippen molar-refractivity contribution in [2.75, 3.05) is 0 Å². The first kappa shape index (κ1) is 16.1. The van der Waals surface area contributed by atoms with Crippen molar-refractivity contribution in [2.24, 2.45) is 10.2 Å². The van der Waals surface area contributed by atoms with Crippen LogP contribution in [0.3, 0.4) is 0 Å². The minimum Gasteiger partial charge on any atom is -0.478 e. The van der Waals surface area contributed by atoms with Gasteiger partial charge >= 0.3 is 11.9 Å². The maximum Gasteiger partial charge on any atom is 0.336 e. The zero-order chi connectivity index (χ0) is 16.3. The Morgan fingerprint density at radius 2 is 1.14 bits per heavy atom. The van der Waals surface area contributed by atoms with E-state index in [4.69, 9.17) is 10.2 Å². The lowest BCUT2D eigenvalue weighted by Crippen LogP contribution is -1.97. The fraction of sp³-hybridized carbons (Fsp3) is 0. The van der Waals surface area contributed by atoms with E-state index in [-0.39, 0.29) is 11.1 Å². The van der Waals surface area contributed by atoms with Crippen LogP contribution in [0.2, 0.25) is 0 Å². The molecule has 2 N–H and O–H groups in total. The van der Waals surface area contributed by atoms with Crippen LogP contribution in [0.5, 0.6) is 0 Å². The van der Waals surface area contributed by atoms with Crippen LogP contribution in [-0.2, 0) is 0 Å². The van der Waals surface area contributed by atoms with Gasteiger partial charge in [0.1, 0.15) is 0 Å². The highest BCUT2D eigenvalue weighted by atomic mass is 32.1. The van der Waals surface area contributed by atoms with Crippen molar-refractivity contribution in [3.63, 3.8) is 0 Å². The van der Waals surface area contributed by atoms with E-state index in [1.165, 1.54) is 24.3 Å². The molecule has 0 unspecified atom stereocenters. The third-order valence-electron chi connectivity index (χ3n) is 2.70. The molecule has 2 rings (SSSR count). The summed E-state index contributed by atoms with van der Waals surface area (Å²) in [5, 5.41) is 25.8. The summed E-state index contributed by atoms with van der Waals surface area (Å²) in [7, 11) is 0. The van der Waals surface area contributed by atoms with Gasteiger partial charge in [0.15, 0.2) is 0 Å².